The van der Waals surface area contributed by atoms with Gasteiger partial charge in [-0.15, -0.1) is 0 Å². The van der Waals surface area contributed by atoms with Crippen molar-refractivity contribution in [2.45, 2.75) is 38.6 Å². The predicted octanol–water partition coefficient (Wildman–Crippen LogP) is 1.93. The quantitative estimate of drug-likeness (QED) is 0.808. The van der Waals surface area contributed by atoms with Crippen molar-refractivity contribution in [3.05, 3.63) is 29.7 Å². The second-order valence-corrected chi connectivity index (χ2v) is 5.68. The second kappa shape index (κ2) is 6.44. The first-order valence-corrected chi connectivity index (χ1v) is 7.90. The molecule has 0 spiro atoms. The molecule has 1 saturated heterocycles. The summed E-state index contributed by atoms with van der Waals surface area (Å²) in [4.78, 5) is 18.9. The molecule has 3 rings (SSSR count). The number of carbonyl (C=O) groups is 1. The summed E-state index contributed by atoms with van der Waals surface area (Å²) in [5.74, 6) is 0.400. The van der Waals surface area contributed by atoms with E-state index in [4.69, 9.17) is 4.74 Å². The van der Waals surface area contributed by atoms with E-state index in [1.807, 2.05) is 6.07 Å². The van der Waals surface area contributed by atoms with Crippen LogP contribution in [0.3, 0.4) is 0 Å². The molecule has 1 aliphatic heterocycles. The summed E-state index contributed by atoms with van der Waals surface area (Å²) in [7, 11) is 1.38. The number of methoxy groups -OCH3 is 1. The van der Waals surface area contributed by atoms with E-state index in [2.05, 4.69) is 21.9 Å². The minimum atomic E-state index is -0.394. The Kier molecular flexibility index (Phi) is 4.38. The third kappa shape index (κ3) is 2.83. The number of fused-ring (bicyclic) bond motifs is 1. The van der Waals surface area contributed by atoms with Crippen molar-refractivity contribution in [1.29, 1.82) is 0 Å². The van der Waals surface area contributed by atoms with Gasteiger partial charge in [0.25, 0.3) is 0 Å². The van der Waals surface area contributed by atoms with Gasteiger partial charge in [-0.25, -0.2) is 14.3 Å². The van der Waals surface area contributed by atoms with E-state index in [1.54, 1.807) is 16.6 Å². The number of likely N-dealkylation sites (tertiary alicyclic amines) is 1. The number of nitrogens with zero attached hydrogens (tertiary/aromatic N) is 4. The molecular formula is C16H22N4O2. The van der Waals surface area contributed by atoms with E-state index < -0.39 is 5.97 Å². The zero-order valence-electron chi connectivity index (χ0n) is 13.2. The summed E-state index contributed by atoms with van der Waals surface area (Å²) >= 11 is 0. The summed E-state index contributed by atoms with van der Waals surface area (Å²) in [6.45, 7) is 4.41. The van der Waals surface area contributed by atoms with Crippen molar-refractivity contribution in [2.24, 2.45) is 0 Å². The van der Waals surface area contributed by atoms with Crippen LogP contribution in [0.5, 0.6) is 0 Å². The van der Waals surface area contributed by atoms with E-state index in [9.17, 15) is 4.79 Å². The van der Waals surface area contributed by atoms with Crippen molar-refractivity contribution in [1.82, 2.24) is 19.5 Å². The smallest absolute Gasteiger partial charge is 0.356 e. The Balaban J connectivity index is 1.87. The van der Waals surface area contributed by atoms with E-state index in [1.165, 1.54) is 26.4 Å². The number of piperidine rings is 1. The third-order valence-electron chi connectivity index (χ3n) is 4.37. The van der Waals surface area contributed by atoms with Gasteiger partial charge in [0.1, 0.15) is 0 Å². The maximum absolute atomic E-state index is 11.8. The lowest BCUT2D eigenvalue weighted by molar-refractivity contribution is 0.0591. The van der Waals surface area contributed by atoms with Gasteiger partial charge in [-0.1, -0.05) is 19.4 Å². The molecular weight excluding hydrogens is 280 g/mol. The van der Waals surface area contributed by atoms with Crippen LogP contribution in [0.25, 0.3) is 5.65 Å². The number of esters is 1. The Hall–Kier alpha value is -1.95. The number of hydrogen-bond donors (Lipinski definition) is 0. The van der Waals surface area contributed by atoms with E-state index >= 15 is 0 Å². The molecule has 1 atom stereocenters. The molecule has 0 bridgehead atoms. The lowest BCUT2D eigenvalue weighted by Crippen LogP contribution is -2.40. The summed E-state index contributed by atoms with van der Waals surface area (Å²) in [5, 5.41) is 4.52. The summed E-state index contributed by atoms with van der Waals surface area (Å²) < 4.78 is 6.39. The SMILES string of the molecule is CCN1CCCCC1Cc1nc2cccc(C(=O)OC)n2n1. The predicted molar refractivity (Wildman–Crippen MR) is 82.9 cm³/mol. The molecule has 1 fully saturated rings. The highest BCUT2D eigenvalue weighted by molar-refractivity contribution is 5.88. The lowest BCUT2D eigenvalue weighted by Gasteiger charge is -2.34. The maximum atomic E-state index is 11.8. The van der Waals surface area contributed by atoms with Gasteiger partial charge < -0.3 is 9.64 Å². The van der Waals surface area contributed by atoms with E-state index in [0.29, 0.717) is 17.4 Å². The minimum absolute atomic E-state index is 0.394. The van der Waals surface area contributed by atoms with Gasteiger partial charge >= 0.3 is 5.97 Å². The first-order chi connectivity index (χ1) is 10.7. The van der Waals surface area contributed by atoms with Gasteiger partial charge in [-0.2, -0.15) is 5.10 Å². The normalized spacial score (nSPS) is 19.5. The monoisotopic (exact) mass is 302 g/mol. The average molecular weight is 302 g/mol. The van der Waals surface area contributed by atoms with Crippen LogP contribution in [0.4, 0.5) is 0 Å². The molecule has 0 N–H and O–H groups in total. The molecule has 118 valence electrons. The molecule has 0 aliphatic carbocycles. The van der Waals surface area contributed by atoms with Gasteiger partial charge in [0.15, 0.2) is 17.2 Å². The molecule has 1 aliphatic rings. The largest absolute Gasteiger partial charge is 0.464 e. The second-order valence-electron chi connectivity index (χ2n) is 5.68. The number of carbonyl (C=O) groups excluding carboxylic acids is 1. The number of ether oxygens (including phenoxy) is 1. The van der Waals surface area contributed by atoms with E-state index in [-0.39, 0.29) is 0 Å². The highest BCUT2D eigenvalue weighted by atomic mass is 16.5. The van der Waals surface area contributed by atoms with Crippen LogP contribution in [0.15, 0.2) is 18.2 Å². The zero-order valence-corrected chi connectivity index (χ0v) is 13.2. The molecule has 0 amide bonds. The van der Waals surface area contributed by atoms with Crippen molar-refractivity contribution in [3.63, 3.8) is 0 Å². The van der Waals surface area contributed by atoms with Crippen LogP contribution in [0.1, 0.15) is 42.5 Å². The van der Waals surface area contributed by atoms with Gasteiger partial charge in [0.2, 0.25) is 0 Å². The molecule has 3 heterocycles. The molecule has 1 unspecified atom stereocenters. The Bertz CT molecular complexity index is 667. The zero-order chi connectivity index (χ0) is 15.5. The number of rotatable bonds is 4. The fraction of sp³-hybridized carbons (Fsp3) is 0.562. The molecule has 22 heavy (non-hydrogen) atoms. The standard InChI is InChI=1S/C16H22N4O2/c1-3-19-10-5-4-7-12(19)11-14-17-15-9-6-8-13(16(21)22-2)20(15)18-14/h6,8-9,12H,3-5,7,10-11H2,1-2H3. The Morgan fingerprint density at radius 1 is 1.41 bits per heavy atom. The van der Waals surface area contributed by atoms with Crippen LogP contribution in [0, 0.1) is 0 Å². The van der Waals surface area contributed by atoms with Gasteiger partial charge in [-0.05, 0) is 38.1 Å². The van der Waals surface area contributed by atoms with Gasteiger partial charge in [0, 0.05) is 12.5 Å². The Morgan fingerprint density at radius 3 is 3.05 bits per heavy atom. The van der Waals surface area contributed by atoms with Gasteiger partial charge in [-0.3, -0.25) is 0 Å². The number of likely N-dealkylation sites (N-methyl/N-ethyl adjacent to an activating group) is 1. The fourth-order valence-corrected chi connectivity index (χ4v) is 3.21. The first-order valence-electron chi connectivity index (χ1n) is 7.90. The Morgan fingerprint density at radius 2 is 2.27 bits per heavy atom. The summed E-state index contributed by atoms with van der Waals surface area (Å²) in [6.07, 6.45) is 4.56. The highest BCUT2D eigenvalue weighted by Gasteiger charge is 2.23. The molecule has 0 aromatic carbocycles. The Labute approximate surface area is 130 Å². The van der Waals surface area contributed by atoms with Crippen LogP contribution in [0.2, 0.25) is 0 Å². The van der Waals surface area contributed by atoms with Gasteiger partial charge in [0.05, 0.1) is 7.11 Å². The molecule has 6 nitrogen and oxygen atoms in total. The lowest BCUT2D eigenvalue weighted by atomic mass is 9.99. The van der Waals surface area contributed by atoms with Crippen molar-refractivity contribution in [2.75, 3.05) is 20.2 Å². The maximum Gasteiger partial charge on any atom is 0.356 e. The van der Waals surface area contributed by atoms with Crippen LogP contribution >= 0.6 is 0 Å². The van der Waals surface area contributed by atoms with Crippen LogP contribution in [-0.4, -0.2) is 51.7 Å². The summed E-state index contributed by atoms with van der Waals surface area (Å²) in [6, 6.07) is 5.87. The minimum Gasteiger partial charge on any atom is -0.464 e. The molecule has 2 aromatic heterocycles. The van der Waals surface area contributed by atoms with E-state index in [0.717, 1.165) is 25.3 Å². The number of aromatic nitrogens is 3. The number of pyridine rings is 1. The summed E-state index contributed by atoms with van der Waals surface area (Å²) in [5.41, 5.74) is 1.10. The average Bonchev–Trinajstić information content (AvgIpc) is 2.96. The molecule has 2 aromatic rings. The first kappa shape index (κ1) is 15.0. The van der Waals surface area contributed by atoms with Crippen LogP contribution < -0.4 is 0 Å². The van der Waals surface area contributed by atoms with Crippen molar-refractivity contribution in [3.8, 4) is 0 Å². The fourth-order valence-electron chi connectivity index (χ4n) is 3.21. The number of hydrogen-bond acceptors (Lipinski definition) is 5. The molecule has 0 radical (unpaired) electrons. The molecule has 0 saturated carbocycles. The third-order valence-corrected chi connectivity index (χ3v) is 4.37. The van der Waals surface area contributed by atoms with Crippen molar-refractivity contribution >= 4 is 11.6 Å². The highest BCUT2D eigenvalue weighted by Crippen LogP contribution is 2.19. The molecule has 6 heteroatoms. The topological polar surface area (TPSA) is 59.7 Å². The van der Waals surface area contributed by atoms with Crippen LogP contribution in [-0.2, 0) is 11.2 Å². The van der Waals surface area contributed by atoms with Crippen molar-refractivity contribution < 1.29 is 9.53 Å².